The van der Waals surface area contributed by atoms with E-state index < -0.39 is 0 Å². The van der Waals surface area contributed by atoms with Gasteiger partial charge < -0.3 is 13.9 Å². The first-order valence-corrected chi connectivity index (χ1v) is 16.1. The monoisotopic (exact) mass is 637 g/mol. The summed E-state index contributed by atoms with van der Waals surface area (Å²) in [6.07, 6.45) is 0. The molecule has 2 heterocycles. The second-order valence-corrected chi connectivity index (χ2v) is 11.8. The molecule has 0 unspecified atom stereocenters. The van der Waals surface area contributed by atoms with Crippen molar-refractivity contribution >= 4 is 17.1 Å². The van der Waals surface area contributed by atoms with E-state index in [1.165, 1.54) is 0 Å². The van der Waals surface area contributed by atoms with Crippen LogP contribution in [0.4, 0.5) is 17.1 Å². The summed E-state index contributed by atoms with van der Waals surface area (Å²) < 4.78 is 11.7. The van der Waals surface area contributed by atoms with Crippen LogP contribution in [0.15, 0.2) is 161 Å². The molecule has 0 bridgehead atoms. The Balaban J connectivity index is 1.26. The van der Waals surface area contributed by atoms with Gasteiger partial charge in [0.15, 0.2) is 0 Å². The molecule has 0 aliphatic heterocycles. The second-order valence-electron chi connectivity index (χ2n) is 11.8. The van der Waals surface area contributed by atoms with Gasteiger partial charge in [0.2, 0.25) is 11.6 Å². The molecule has 0 fully saturated rings. The number of anilines is 3. The van der Waals surface area contributed by atoms with E-state index in [9.17, 15) is 0 Å². The minimum absolute atomic E-state index is 0.398. The van der Waals surface area contributed by atoms with Crippen LogP contribution < -0.4 is 4.90 Å². The van der Waals surface area contributed by atoms with Gasteiger partial charge in [0, 0.05) is 39.3 Å². The number of rotatable bonds is 8. The lowest BCUT2D eigenvalue weighted by molar-refractivity contribution is 0.431. The Labute approximate surface area is 284 Å². The van der Waals surface area contributed by atoms with Crippen LogP contribution in [0.1, 0.15) is 11.1 Å². The molecule has 0 atom stereocenters. The molecule has 8 aromatic rings. The van der Waals surface area contributed by atoms with E-state index in [4.69, 9.17) is 19.0 Å². The Morgan fingerprint density at radius 2 is 0.857 bits per heavy atom. The van der Waals surface area contributed by atoms with Gasteiger partial charge in [-0.15, -0.1) is 0 Å². The molecule has 0 aliphatic carbocycles. The fraction of sp³-hybridized carbons (Fsp3) is 0.0476. The predicted octanol–water partition coefficient (Wildman–Crippen LogP) is 10.9. The Morgan fingerprint density at radius 1 is 0.429 bits per heavy atom. The molecule has 0 saturated carbocycles. The standard InChI is InChI=1S/C42H31N5O2/c1-28-29(2)38(47(35-19-11-5-12-20-35)36-21-13-6-14-22-36)24-23-37(28)32-25-33(41-43-39(45-48-41)30-15-7-3-8-16-30)27-34(26-32)42-44-40(46-49-42)31-17-9-4-10-18-31/h3-27H,1-2H3. The Bertz CT molecular complexity index is 2220. The van der Waals surface area contributed by atoms with Gasteiger partial charge in [-0.05, 0) is 84.6 Å². The molecule has 0 N–H and O–H groups in total. The third-order valence-electron chi connectivity index (χ3n) is 8.68. The minimum Gasteiger partial charge on any atom is -0.334 e. The molecule has 0 aliphatic rings. The van der Waals surface area contributed by atoms with Gasteiger partial charge in [-0.3, -0.25) is 0 Å². The highest BCUT2D eigenvalue weighted by molar-refractivity contribution is 5.84. The van der Waals surface area contributed by atoms with Crippen LogP contribution in [0.5, 0.6) is 0 Å². The number of para-hydroxylation sites is 2. The fourth-order valence-corrected chi connectivity index (χ4v) is 6.06. The molecule has 7 heteroatoms. The Hall–Kier alpha value is -6.60. The van der Waals surface area contributed by atoms with Crippen LogP contribution in [-0.4, -0.2) is 20.3 Å². The van der Waals surface area contributed by atoms with Crippen molar-refractivity contribution in [2.24, 2.45) is 0 Å². The van der Waals surface area contributed by atoms with Gasteiger partial charge in [0.05, 0.1) is 0 Å². The highest BCUT2D eigenvalue weighted by Crippen LogP contribution is 2.41. The maximum Gasteiger partial charge on any atom is 0.258 e. The Morgan fingerprint density at radius 3 is 1.33 bits per heavy atom. The van der Waals surface area contributed by atoms with E-state index in [0.717, 1.165) is 61.6 Å². The summed E-state index contributed by atoms with van der Waals surface area (Å²) in [4.78, 5) is 11.8. The summed E-state index contributed by atoms with van der Waals surface area (Å²) in [6, 6.07) is 50.9. The molecule has 0 amide bonds. The van der Waals surface area contributed by atoms with E-state index in [-0.39, 0.29) is 0 Å². The zero-order valence-electron chi connectivity index (χ0n) is 27.0. The van der Waals surface area contributed by atoms with Crippen LogP contribution in [0.2, 0.25) is 0 Å². The molecule has 0 saturated heterocycles. The van der Waals surface area contributed by atoms with Crippen LogP contribution in [0, 0.1) is 13.8 Å². The van der Waals surface area contributed by atoms with E-state index >= 15 is 0 Å². The van der Waals surface area contributed by atoms with Gasteiger partial charge in [0.25, 0.3) is 11.8 Å². The van der Waals surface area contributed by atoms with Crippen molar-refractivity contribution in [3.8, 4) is 56.8 Å². The van der Waals surface area contributed by atoms with E-state index in [1.807, 2.05) is 78.9 Å². The fourth-order valence-electron chi connectivity index (χ4n) is 6.06. The lowest BCUT2D eigenvalue weighted by Crippen LogP contribution is -2.12. The summed E-state index contributed by atoms with van der Waals surface area (Å²) in [5.74, 6) is 1.83. The summed E-state index contributed by atoms with van der Waals surface area (Å²) in [6.45, 7) is 4.33. The molecule has 7 nitrogen and oxygen atoms in total. The highest BCUT2D eigenvalue weighted by Gasteiger charge is 2.21. The lowest BCUT2D eigenvalue weighted by atomic mass is 9.92. The number of nitrogens with zero attached hydrogens (tertiary/aromatic N) is 5. The third kappa shape index (κ3) is 5.90. The largest absolute Gasteiger partial charge is 0.334 e. The molecule has 0 radical (unpaired) electrons. The third-order valence-corrected chi connectivity index (χ3v) is 8.68. The zero-order valence-corrected chi connectivity index (χ0v) is 27.0. The summed E-state index contributed by atoms with van der Waals surface area (Å²) in [5.41, 5.74) is 10.9. The van der Waals surface area contributed by atoms with Crippen molar-refractivity contribution in [1.82, 2.24) is 20.3 Å². The highest BCUT2D eigenvalue weighted by atomic mass is 16.5. The van der Waals surface area contributed by atoms with Crippen LogP contribution in [0.25, 0.3) is 56.8 Å². The Kier molecular flexibility index (Phi) is 7.83. The topological polar surface area (TPSA) is 81.1 Å². The van der Waals surface area contributed by atoms with Crippen LogP contribution >= 0.6 is 0 Å². The van der Waals surface area contributed by atoms with Gasteiger partial charge in [-0.1, -0.05) is 113 Å². The molecule has 6 aromatic carbocycles. The summed E-state index contributed by atoms with van der Waals surface area (Å²) in [5, 5.41) is 8.58. The van der Waals surface area contributed by atoms with E-state index in [2.05, 4.69) is 102 Å². The number of benzene rings is 6. The predicted molar refractivity (Wildman–Crippen MR) is 193 cm³/mol. The maximum absolute atomic E-state index is 5.83. The van der Waals surface area contributed by atoms with Gasteiger partial charge in [-0.2, -0.15) is 9.97 Å². The van der Waals surface area contributed by atoms with Gasteiger partial charge in [0.1, 0.15) is 0 Å². The number of aromatic nitrogens is 4. The van der Waals surface area contributed by atoms with Gasteiger partial charge >= 0.3 is 0 Å². The molecular weight excluding hydrogens is 606 g/mol. The molecule has 2 aromatic heterocycles. The summed E-state index contributed by atoms with van der Waals surface area (Å²) >= 11 is 0. The average Bonchev–Trinajstić information content (AvgIpc) is 3.87. The van der Waals surface area contributed by atoms with Crippen LogP contribution in [-0.2, 0) is 0 Å². The summed E-state index contributed by atoms with van der Waals surface area (Å²) in [7, 11) is 0. The first-order chi connectivity index (χ1) is 24.1. The van der Waals surface area contributed by atoms with Crippen molar-refractivity contribution in [3.63, 3.8) is 0 Å². The molecule has 236 valence electrons. The number of hydrogen-bond acceptors (Lipinski definition) is 7. The first kappa shape index (κ1) is 29.8. The van der Waals surface area contributed by atoms with Crippen molar-refractivity contribution < 1.29 is 9.05 Å². The van der Waals surface area contributed by atoms with Crippen molar-refractivity contribution in [2.75, 3.05) is 4.90 Å². The molecule has 49 heavy (non-hydrogen) atoms. The minimum atomic E-state index is 0.398. The molecule has 0 spiro atoms. The normalized spacial score (nSPS) is 11.1. The van der Waals surface area contributed by atoms with E-state index in [1.54, 1.807) is 0 Å². The molecule has 8 rings (SSSR count). The van der Waals surface area contributed by atoms with Crippen molar-refractivity contribution in [1.29, 1.82) is 0 Å². The molecular formula is C42H31N5O2. The first-order valence-electron chi connectivity index (χ1n) is 16.1. The van der Waals surface area contributed by atoms with E-state index in [0.29, 0.717) is 23.4 Å². The lowest BCUT2D eigenvalue weighted by Gasteiger charge is -2.28. The average molecular weight is 638 g/mol. The number of hydrogen-bond donors (Lipinski definition) is 0. The zero-order chi connectivity index (χ0) is 33.2. The quantitative estimate of drug-likeness (QED) is 0.164. The van der Waals surface area contributed by atoms with Crippen LogP contribution in [0.3, 0.4) is 0 Å². The SMILES string of the molecule is Cc1c(-c2cc(-c3nc(-c4ccccc4)no3)cc(-c3nc(-c4ccccc4)no3)c2)ccc(N(c2ccccc2)c2ccccc2)c1C. The van der Waals surface area contributed by atoms with Crippen molar-refractivity contribution in [2.45, 2.75) is 13.8 Å². The van der Waals surface area contributed by atoms with Crippen molar-refractivity contribution in [3.05, 3.63) is 163 Å². The van der Waals surface area contributed by atoms with Gasteiger partial charge in [-0.25, -0.2) is 0 Å². The second kappa shape index (κ2) is 12.9. The maximum atomic E-state index is 5.83. The smallest absolute Gasteiger partial charge is 0.258 e.